The first-order valence-electron chi connectivity index (χ1n) is 6.48. The van der Waals surface area contributed by atoms with Crippen molar-refractivity contribution >= 4 is 15.7 Å². The van der Waals surface area contributed by atoms with Crippen molar-refractivity contribution in [2.45, 2.75) is 31.6 Å². The largest absolute Gasteiger partial charge is 0.333 e. The second-order valence-electron chi connectivity index (χ2n) is 5.60. The maximum absolute atomic E-state index is 12.4. The zero-order valence-electron chi connectivity index (χ0n) is 11.1. The lowest BCUT2D eigenvalue weighted by atomic mass is 10.1. The summed E-state index contributed by atoms with van der Waals surface area (Å²) in [5.74, 6) is 0.0966. The van der Waals surface area contributed by atoms with Crippen molar-refractivity contribution in [2.24, 2.45) is 0 Å². The number of sulfone groups is 1. The molecule has 3 rings (SSSR count). The lowest BCUT2D eigenvalue weighted by Crippen LogP contribution is -2.44. The molecule has 2 fully saturated rings. The van der Waals surface area contributed by atoms with E-state index in [1.165, 1.54) is 0 Å². The summed E-state index contributed by atoms with van der Waals surface area (Å²) < 4.78 is 23.4. The average Bonchev–Trinajstić information content (AvgIpc) is 2.87. The third-order valence-corrected chi connectivity index (χ3v) is 6.53. The molecule has 2 saturated heterocycles. The summed E-state index contributed by atoms with van der Waals surface area (Å²) in [7, 11) is -2.94. The van der Waals surface area contributed by atoms with Crippen molar-refractivity contribution in [1.82, 2.24) is 4.90 Å². The van der Waals surface area contributed by atoms with Crippen LogP contribution in [0.1, 0.15) is 27.9 Å². The monoisotopic (exact) mass is 279 g/mol. The minimum Gasteiger partial charge on any atom is -0.333 e. The molecule has 0 saturated carbocycles. The maximum atomic E-state index is 12.4. The molecule has 5 heteroatoms. The molecular weight excluding hydrogens is 262 g/mol. The Morgan fingerprint density at radius 1 is 1.26 bits per heavy atom. The molecule has 0 spiro atoms. The zero-order chi connectivity index (χ0) is 13.8. The third kappa shape index (κ3) is 1.96. The summed E-state index contributed by atoms with van der Waals surface area (Å²) in [6.45, 7) is 4.35. The minimum atomic E-state index is -2.94. The van der Waals surface area contributed by atoms with Gasteiger partial charge in [0.05, 0.1) is 11.0 Å². The Morgan fingerprint density at radius 2 is 2.00 bits per heavy atom. The molecular formula is C14H17NO3S. The molecule has 2 aliphatic heterocycles. The number of carbonyl (C=O) groups is 1. The molecule has 2 heterocycles. The molecule has 2 bridgehead atoms. The molecule has 4 nitrogen and oxygen atoms in total. The molecule has 0 aromatic heterocycles. The Morgan fingerprint density at radius 3 is 2.53 bits per heavy atom. The van der Waals surface area contributed by atoms with E-state index >= 15 is 0 Å². The van der Waals surface area contributed by atoms with E-state index in [4.69, 9.17) is 0 Å². The fourth-order valence-electron chi connectivity index (χ4n) is 2.99. The number of carbonyl (C=O) groups excluding carboxylic acids is 1. The summed E-state index contributed by atoms with van der Waals surface area (Å²) in [5, 5.41) is -0.340. The van der Waals surface area contributed by atoms with Gasteiger partial charge in [0.1, 0.15) is 0 Å². The molecule has 1 amide bonds. The van der Waals surface area contributed by atoms with Crippen LogP contribution < -0.4 is 0 Å². The fraction of sp³-hybridized carbons (Fsp3) is 0.500. The van der Waals surface area contributed by atoms with Crippen LogP contribution >= 0.6 is 0 Å². The van der Waals surface area contributed by atoms with Gasteiger partial charge in [0, 0.05) is 18.2 Å². The number of amides is 1. The molecule has 2 unspecified atom stereocenters. The van der Waals surface area contributed by atoms with Crippen molar-refractivity contribution in [3.8, 4) is 0 Å². The van der Waals surface area contributed by atoms with Crippen LogP contribution in [0.5, 0.6) is 0 Å². The molecule has 19 heavy (non-hydrogen) atoms. The normalized spacial score (nSPS) is 27.8. The van der Waals surface area contributed by atoms with Gasteiger partial charge < -0.3 is 4.90 Å². The Labute approximate surface area is 113 Å². The van der Waals surface area contributed by atoms with E-state index in [-0.39, 0.29) is 23.0 Å². The highest BCUT2D eigenvalue weighted by Crippen LogP contribution is 2.33. The van der Waals surface area contributed by atoms with Gasteiger partial charge in [-0.05, 0) is 43.5 Å². The van der Waals surface area contributed by atoms with Crippen molar-refractivity contribution < 1.29 is 13.2 Å². The predicted octanol–water partition coefficient (Wildman–Crippen LogP) is 1.31. The van der Waals surface area contributed by atoms with E-state index in [0.717, 1.165) is 11.1 Å². The van der Waals surface area contributed by atoms with Crippen LogP contribution in [-0.4, -0.2) is 42.8 Å². The summed E-state index contributed by atoms with van der Waals surface area (Å²) in [5.41, 5.74) is 2.90. The molecule has 1 aromatic carbocycles. The van der Waals surface area contributed by atoms with Gasteiger partial charge in [-0.15, -0.1) is 0 Å². The van der Waals surface area contributed by atoms with Crippen LogP contribution in [0, 0.1) is 13.8 Å². The van der Waals surface area contributed by atoms with Gasteiger partial charge in [-0.3, -0.25) is 4.79 Å². The summed E-state index contributed by atoms with van der Waals surface area (Å²) >= 11 is 0. The predicted molar refractivity (Wildman–Crippen MR) is 72.9 cm³/mol. The molecule has 2 atom stereocenters. The maximum Gasteiger partial charge on any atom is 0.254 e. The number of hydrogen-bond acceptors (Lipinski definition) is 3. The first-order chi connectivity index (χ1) is 8.88. The number of likely N-dealkylation sites (tertiary alicyclic amines) is 1. The highest BCUT2D eigenvalue weighted by molar-refractivity contribution is 7.92. The molecule has 102 valence electrons. The van der Waals surface area contributed by atoms with Gasteiger partial charge in [-0.2, -0.15) is 0 Å². The van der Waals surface area contributed by atoms with Gasteiger partial charge >= 0.3 is 0 Å². The van der Waals surface area contributed by atoms with Crippen molar-refractivity contribution in [1.29, 1.82) is 0 Å². The van der Waals surface area contributed by atoms with E-state index in [0.29, 0.717) is 18.5 Å². The third-order valence-electron chi connectivity index (χ3n) is 4.32. The number of aryl methyl sites for hydroxylation is 2. The minimum absolute atomic E-state index is 0.0366. The number of benzene rings is 1. The highest BCUT2D eigenvalue weighted by Gasteiger charge is 2.50. The Kier molecular flexibility index (Phi) is 2.71. The Balaban J connectivity index is 1.85. The number of rotatable bonds is 1. The van der Waals surface area contributed by atoms with Gasteiger partial charge in [-0.1, -0.05) is 6.07 Å². The Bertz CT molecular complexity index is 651. The molecule has 2 aliphatic rings. The fourth-order valence-corrected chi connectivity index (χ4v) is 5.01. The van der Waals surface area contributed by atoms with Gasteiger partial charge in [-0.25, -0.2) is 8.42 Å². The topological polar surface area (TPSA) is 54.5 Å². The lowest BCUT2D eigenvalue weighted by Gasteiger charge is -2.27. The zero-order valence-corrected chi connectivity index (χ0v) is 11.9. The highest BCUT2D eigenvalue weighted by atomic mass is 32.2. The van der Waals surface area contributed by atoms with Crippen molar-refractivity contribution in [3.05, 3.63) is 34.9 Å². The standard InChI is InChI=1S/C14H17NO3S/c1-9-3-4-11(5-10(9)2)14(16)15-7-13-6-12(15)8-19(13,17)18/h3-5,12-13H,6-8H2,1-2H3. The van der Waals surface area contributed by atoms with E-state index in [9.17, 15) is 13.2 Å². The average molecular weight is 279 g/mol. The van der Waals surface area contributed by atoms with E-state index in [2.05, 4.69) is 0 Å². The van der Waals surface area contributed by atoms with E-state index in [1.54, 1.807) is 4.90 Å². The molecule has 1 aromatic rings. The summed E-state index contributed by atoms with van der Waals surface area (Å²) in [6, 6.07) is 5.53. The number of hydrogen-bond donors (Lipinski definition) is 0. The van der Waals surface area contributed by atoms with Crippen molar-refractivity contribution in [2.75, 3.05) is 12.3 Å². The van der Waals surface area contributed by atoms with Crippen LogP contribution in [-0.2, 0) is 9.84 Å². The quantitative estimate of drug-likeness (QED) is 0.779. The SMILES string of the molecule is Cc1ccc(C(=O)N2CC3CC2CS3(=O)=O)cc1C. The van der Waals surface area contributed by atoms with Crippen LogP contribution in [0.25, 0.3) is 0 Å². The van der Waals surface area contributed by atoms with Crippen LogP contribution in [0.3, 0.4) is 0 Å². The van der Waals surface area contributed by atoms with Gasteiger partial charge in [0.15, 0.2) is 9.84 Å². The van der Waals surface area contributed by atoms with E-state index in [1.807, 2.05) is 32.0 Å². The van der Waals surface area contributed by atoms with E-state index < -0.39 is 9.84 Å². The Hall–Kier alpha value is -1.36. The molecule has 0 radical (unpaired) electrons. The number of fused-ring (bicyclic) bond motifs is 2. The van der Waals surface area contributed by atoms with Crippen LogP contribution in [0.4, 0.5) is 0 Å². The van der Waals surface area contributed by atoms with Crippen LogP contribution in [0.2, 0.25) is 0 Å². The first kappa shape index (κ1) is 12.7. The lowest BCUT2D eigenvalue weighted by molar-refractivity contribution is 0.0746. The second kappa shape index (κ2) is 4.07. The van der Waals surface area contributed by atoms with Gasteiger partial charge in [0.2, 0.25) is 0 Å². The number of nitrogens with zero attached hydrogens (tertiary/aromatic N) is 1. The van der Waals surface area contributed by atoms with Crippen LogP contribution in [0.15, 0.2) is 18.2 Å². The summed E-state index contributed by atoms with van der Waals surface area (Å²) in [6.07, 6.45) is 0.610. The second-order valence-corrected chi connectivity index (χ2v) is 7.92. The molecule has 0 N–H and O–H groups in total. The molecule has 0 aliphatic carbocycles. The smallest absolute Gasteiger partial charge is 0.254 e. The summed E-state index contributed by atoms with van der Waals surface area (Å²) in [4.78, 5) is 14.2. The van der Waals surface area contributed by atoms with Gasteiger partial charge in [0.25, 0.3) is 5.91 Å². The van der Waals surface area contributed by atoms with Crippen molar-refractivity contribution in [3.63, 3.8) is 0 Å². The first-order valence-corrected chi connectivity index (χ1v) is 8.20.